The van der Waals surface area contributed by atoms with Crippen LogP contribution in [0.25, 0.3) is 0 Å². The number of amides is 4. The van der Waals surface area contributed by atoms with Crippen molar-refractivity contribution < 1.29 is 14.4 Å². The van der Waals surface area contributed by atoms with Crippen molar-refractivity contribution in [2.75, 3.05) is 33.2 Å². The Hall–Kier alpha value is -2.83. The molecule has 0 aromatic heterocycles. The first kappa shape index (κ1) is 20.4. The minimum atomic E-state index is -0.430. The van der Waals surface area contributed by atoms with E-state index in [-0.39, 0.29) is 17.8 Å². The van der Waals surface area contributed by atoms with Crippen LogP contribution in [0.1, 0.15) is 47.6 Å². The van der Waals surface area contributed by atoms with Crippen LogP contribution in [-0.2, 0) is 9.59 Å². The van der Waals surface area contributed by atoms with Gasteiger partial charge in [-0.15, -0.1) is 0 Å². The number of urea groups is 1. The van der Waals surface area contributed by atoms with Gasteiger partial charge in [0.1, 0.15) is 0 Å². The predicted octanol–water partition coefficient (Wildman–Crippen LogP) is 2.42. The molecule has 3 heterocycles. The Morgan fingerprint density at radius 3 is 2.40 bits per heavy atom. The van der Waals surface area contributed by atoms with Crippen molar-refractivity contribution >= 4 is 17.8 Å². The van der Waals surface area contributed by atoms with E-state index in [1.807, 2.05) is 23.6 Å². The number of hydrogen-bond donors (Lipinski definition) is 1. The largest absolute Gasteiger partial charge is 0.343 e. The Bertz CT molecular complexity index is 952. The lowest BCUT2D eigenvalue weighted by Crippen LogP contribution is -2.45. The van der Waals surface area contributed by atoms with Crippen molar-refractivity contribution in [3.8, 4) is 0 Å². The van der Waals surface area contributed by atoms with Crippen LogP contribution in [0.2, 0.25) is 0 Å². The van der Waals surface area contributed by atoms with Gasteiger partial charge in [0.25, 0.3) is 5.91 Å². The lowest BCUT2D eigenvalue weighted by Gasteiger charge is -2.32. The summed E-state index contributed by atoms with van der Waals surface area (Å²) in [4.78, 5) is 43.0. The maximum absolute atomic E-state index is 13.3. The molecule has 1 N–H and O–H groups in total. The van der Waals surface area contributed by atoms with E-state index >= 15 is 0 Å². The molecule has 1 unspecified atom stereocenters. The fraction of sp³-hybridized carbons (Fsp3) is 0.522. The second-order valence-corrected chi connectivity index (χ2v) is 8.66. The zero-order valence-corrected chi connectivity index (χ0v) is 18.2. The van der Waals surface area contributed by atoms with Gasteiger partial charge in [0, 0.05) is 33.1 Å². The number of likely N-dealkylation sites (tertiary alicyclic amines) is 1. The highest BCUT2D eigenvalue weighted by Crippen LogP contribution is 2.37. The molecule has 1 fully saturated rings. The second-order valence-electron chi connectivity index (χ2n) is 8.66. The molecule has 30 heavy (non-hydrogen) atoms. The molecule has 1 aromatic rings. The molecule has 3 aliphatic rings. The summed E-state index contributed by atoms with van der Waals surface area (Å²) in [7, 11) is 1.72. The Labute approximate surface area is 177 Å². The Morgan fingerprint density at radius 2 is 1.70 bits per heavy atom. The summed E-state index contributed by atoms with van der Waals surface area (Å²) in [5.74, 6) is 0.187. The van der Waals surface area contributed by atoms with Crippen LogP contribution in [0.3, 0.4) is 0 Å². The highest BCUT2D eigenvalue weighted by molar-refractivity contribution is 6.01. The second kappa shape index (κ2) is 7.78. The van der Waals surface area contributed by atoms with Crippen molar-refractivity contribution in [2.24, 2.45) is 0 Å². The molecule has 160 valence electrons. The summed E-state index contributed by atoms with van der Waals surface area (Å²) in [6, 6.07) is 3.58. The van der Waals surface area contributed by atoms with Gasteiger partial charge in [-0.1, -0.05) is 12.1 Å². The number of nitrogens with one attached hydrogen (secondary N) is 1. The maximum Gasteiger partial charge on any atom is 0.322 e. The van der Waals surface area contributed by atoms with Crippen molar-refractivity contribution in [1.82, 2.24) is 20.0 Å². The zero-order valence-electron chi connectivity index (χ0n) is 18.2. The summed E-state index contributed by atoms with van der Waals surface area (Å²) in [6.07, 6.45) is 2.30. The zero-order chi connectivity index (χ0) is 21.6. The average molecular weight is 411 g/mol. The molecule has 4 amide bonds. The van der Waals surface area contributed by atoms with E-state index in [0.29, 0.717) is 31.6 Å². The first-order valence-electron chi connectivity index (χ1n) is 10.7. The molecule has 1 atom stereocenters. The minimum Gasteiger partial charge on any atom is -0.343 e. The molecule has 3 aliphatic heterocycles. The van der Waals surface area contributed by atoms with E-state index < -0.39 is 6.04 Å². The number of rotatable bonds is 5. The fourth-order valence-corrected chi connectivity index (χ4v) is 4.72. The van der Waals surface area contributed by atoms with Gasteiger partial charge in [-0.2, -0.15) is 0 Å². The van der Waals surface area contributed by atoms with Gasteiger partial charge in [-0.25, -0.2) is 4.79 Å². The minimum absolute atomic E-state index is 0.0211. The van der Waals surface area contributed by atoms with Crippen LogP contribution in [0.5, 0.6) is 0 Å². The highest BCUT2D eigenvalue weighted by Gasteiger charge is 2.43. The van der Waals surface area contributed by atoms with Gasteiger partial charge in [0.2, 0.25) is 5.91 Å². The SMILES string of the molecule is Cc1cc(C)c(C2NC(=O)N(C)C3=C2C(=O)N(CCCN2CCCC2=O)C3)cc1C. The summed E-state index contributed by atoms with van der Waals surface area (Å²) >= 11 is 0. The van der Waals surface area contributed by atoms with Gasteiger partial charge in [0.15, 0.2) is 0 Å². The Morgan fingerprint density at radius 1 is 1.00 bits per heavy atom. The molecule has 0 saturated carbocycles. The van der Waals surface area contributed by atoms with Gasteiger partial charge >= 0.3 is 6.03 Å². The van der Waals surface area contributed by atoms with E-state index in [0.717, 1.165) is 41.8 Å². The van der Waals surface area contributed by atoms with E-state index in [1.54, 1.807) is 11.9 Å². The van der Waals surface area contributed by atoms with Crippen LogP contribution < -0.4 is 5.32 Å². The predicted molar refractivity (Wildman–Crippen MR) is 114 cm³/mol. The van der Waals surface area contributed by atoms with E-state index in [4.69, 9.17) is 0 Å². The number of carbonyl (C=O) groups excluding carboxylic acids is 3. The number of benzene rings is 1. The maximum atomic E-state index is 13.3. The van der Waals surface area contributed by atoms with E-state index in [1.165, 1.54) is 5.56 Å². The molecule has 7 heteroatoms. The van der Waals surface area contributed by atoms with Crippen molar-refractivity contribution in [2.45, 2.75) is 46.1 Å². The van der Waals surface area contributed by atoms with Crippen LogP contribution in [0, 0.1) is 20.8 Å². The van der Waals surface area contributed by atoms with Crippen LogP contribution in [0.4, 0.5) is 4.79 Å². The number of likely N-dealkylation sites (N-methyl/N-ethyl adjacent to an activating group) is 1. The van der Waals surface area contributed by atoms with Gasteiger partial charge < -0.3 is 15.1 Å². The normalized spacial score (nSPS) is 21.7. The molecule has 1 aromatic carbocycles. The van der Waals surface area contributed by atoms with E-state index in [9.17, 15) is 14.4 Å². The molecule has 4 rings (SSSR count). The molecule has 0 radical (unpaired) electrons. The van der Waals surface area contributed by atoms with Gasteiger partial charge in [0.05, 0.1) is 23.9 Å². The number of aryl methyl sites for hydroxylation is 3. The number of carbonyl (C=O) groups is 3. The van der Waals surface area contributed by atoms with Crippen molar-refractivity contribution in [3.63, 3.8) is 0 Å². The molecule has 0 spiro atoms. The summed E-state index contributed by atoms with van der Waals surface area (Å²) in [6.45, 7) is 8.65. The van der Waals surface area contributed by atoms with Crippen LogP contribution >= 0.6 is 0 Å². The average Bonchev–Trinajstić information content (AvgIpc) is 3.25. The van der Waals surface area contributed by atoms with E-state index in [2.05, 4.69) is 24.4 Å². The Balaban J connectivity index is 1.55. The molecule has 0 bridgehead atoms. The smallest absolute Gasteiger partial charge is 0.322 e. The first-order chi connectivity index (χ1) is 14.3. The number of hydrogen-bond acceptors (Lipinski definition) is 3. The van der Waals surface area contributed by atoms with Gasteiger partial charge in [-0.05, 0) is 55.9 Å². The Kier molecular flexibility index (Phi) is 5.30. The highest BCUT2D eigenvalue weighted by atomic mass is 16.2. The molecule has 0 aliphatic carbocycles. The lowest BCUT2D eigenvalue weighted by atomic mass is 9.90. The van der Waals surface area contributed by atoms with Crippen LogP contribution in [-0.4, -0.2) is 65.8 Å². The lowest BCUT2D eigenvalue weighted by molar-refractivity contribution is -0.127. The van der Waals surface area contributed by atoms with Crippen molar-refractivity contribution in [3.05, 3.63) is 45.7 Å². The molecule has 1 saturated heterocycles. The summed E-state index contributed by atoms with van der Waals surface area (Å²) in [5.41, 5.74) is 5.83. The third-order valence-electron chi connectivity index (χ3n) is 6.66. The van der Waals surface area contributed by atoms with Gasteiger partial charge in [-0.3, -0.25) is 14.5 Å². The molecular formula is C23H30N4O3. The fourth-order valence-electron chi connectivity index (χ4n) is 4.72. The monoisotopic (exact) mass is 410 g/mol. The van der Waals surface area contributed by atoms with Crippen molar-refractivity contribution in [1.29, 1.82) is 0 Å². The topological polar surface area (TPSA) is 73.0 Å². The summed E-state index contributed by atoms with van der Waals surface area (Å²) in [5, 5.41) is 3.03. The quantitative estimate of drug-likeness (QED) is 0.810. The third kappa shape index (κ3) is 3.46. The standard InChI is InChI=1S/C23H30N4O3/c1-14-11-16(3)17(12-15(14)2)21-20-18(25(4)23(30)24-21)13-27(22(20)29)10-6-9-26-8-5-7-19(26)28/h11-12,21H,5-10,13H2,1-4H3,(H,24,30). The summed E-state index contributed by atoms with van der Waals surface area (Å²) < 4.78 is 0. The molecular weight excluding hydrogens is 380 g/mol. The molecule has 7 nitrogen and oxygen atoms in total. The third-order valence-corrected chi connectivity index (χ3v) is 6.66. The number of nitrogens with zero attached hydrogens (tertiary/aromatic N) is 3. The first-order valence-corrected chi connectivity index (χ1v) is 10.7. The van der Waals surface area contributed by atoms with Crippen LogP contribution in [0.15, 0.2) is 23.4 Å².